The van der Waals surface area contributed by atoms with Crippen LogP contribution in [0, 0.1) is 5.92 Å². The first kappa shape index (κ1) is 14.5. The van der Waals surface area contributed by atoms with E-state index in [2.05, 4.69) is 19.2 Å². The second kappa shape index (κ2) is 7.01. The van der Waals surface area contributed by atoms with Crippen molar-refractivity contribution in [2.75, 3.05) is 6.54 Å². The van der Waals surface area contributed by atoms with Gasteiger partial charge in [-0.1, -0.05) is 26.0 Å². The molecule has 0 saturated heterocycles. The third kappa shape index (κ3) is 4.75. The predicted octanol–water partition coefficient (Wildman–Crippen LogP) is 1.68. The average molecular weight is 250 g/mol. The minimum Gasteiger partial charge on any atom is -0.481 e. The topological polar surface area (TPSA) is 64.3 Å². The molecule has 1 aromatic carbocycles. The Hall–Kier alpha value is -1.55. The Bertz CT molecular complexity index is 374. The molecule has 0 aliphatic rings. The standard InChI is InChI=1S/C14H22N2O2/c1-10(2)9-16-14(17)11(3)18-13-6-4-12(8-15)5-7-13/h4-7,10-11H,8-9,15H2,1-3H3,(H,16,17). The van der Waals surface area contributed by atoms with Crippen LogP contribution in [0.3, 0.4) is 0 Å². The lowest BCUT2D eigenvalue weighted by molar-refractivity contribution is -0.127. The fraction of sp³-hybridized carbons (Fsp3) is 0.500. The zero-order chi connectivity index (χ0) is 13.5. The predicted molar refractivity (Wildman–Crippen MR) is 72.3 cm³/mol. The molecule has 0 heterocycles. The molecule has 0 aromatic heterocycles. The lowest BCUT2D eigenvalue weighted by atomic mass is 10.2. The normalized spacial score (nSPS) is 12.3. The molecule has 3 N–H and O–H groups in total. The van der Waals surface area contributed by atoms with E-state index in [1.54, 1.807) is 6.92 Å². The minimum atomic E-state index is -0.493. The minimum absolute atomic E-state index is 0.0911. The summed E-state index contributed by atoms with van der Waals surface area (Å²) < 4.78 is 5.56. The van der Waals surface area contributed by atoms with E-state index in [4.69, 9.17) is 10.5 Å². The summed E-state index contributed by atoms with van der Waals surface area (Å²) in [5.74, 6) is 1.02. The summed E-state index contributed by atoms with van der Waals surface area (Å²) in [6.07, 6.45) is -0.493. The lowest BCUT2D eigenvalue weighted by Crippen LogP contribution is -2.38. The van der Waals surface area contributed by atoms with Crippen LogP contribution in [0.25, 0.3) is 0 Å². The zero-order valence-corrected chi connectivity index (χ0v) is 11.3. The molecule has 0 aliphatic carbocycles. The molecule has 4 heteroatoms. The number of nitrogens with two attached hydrogens (primary N) is 1. The molecule has 0 radical (unpaired) electrons. The van der Waals surface area contributed by atoms with Crippen LogP contribution in [0.1, 0.15) is 26.3 Å². The maximum atomic E-state index is 11.7. The number of carbonyl (C=O) groups excluding carboxylic acids is 1. The van der Waals surface area contributed by atoms with Crippen LogP contribution in [0.15, 0.2) is 24.3 Å². The summed E-state index contributed by atoms with van der Waals surface area (Å²) in [5.41, 5.74) is 6.55. The first-order valence-corrected chi connectivity index (χ1v) is 6.26. The van der Waals surface area contributed by atoms with Crippen LogP contribution in [0.4, 0.5) is 0 Å². The third-order valence-corrected chi connectivity index (χ3v) is 2.53. The lowest BCUT2D eigenvalue weighted by Gasteiger charge is -2.15. The van der Waals surface area contributed by atoms with E-state index in [1.165, 1.54) is 0 Å². The van der Waals surface area contributed by atoms with Crippen LogP contribution in [-0.4, -0.2) is 18.6 Å². The molecule has 18 heavy (non-hydrogen) atoms. The fourth-order valence-electron chi connectivity index (χ4n) is 1.41. The SMILES string of the molecule is CC(C)CNC(=O)C(C)Oc1ccc(CN)cc1. The molecular formula is C14H22N2O2. The van der Waals surface area contributed by atoms with Crippen LogP contribution < -0.4 is 15.8 Å². The maximum Gasteiger partial charge on any atom is 0.260 e. The highest BCUT2D eigenvalue weighted by Gasteiger charge is 2.14. The number of rotatable bonds is 6. The quantitative estimate of drug-likeness (QED) is 0.807. The van der Waals surface area contributed by atoms with Gasteiger partial charge < -0.3 is 15.8 Å². The highest BCUT2D eigenvalue weighted by Crippen LogP contribution is 2.13. The van der Waals surface area contributed by atoms with Gasteiger partial charge in [0.1, 0.15) is 5.75 Å². The Morgan fingerprint density at radius 3 is 2.39 bits per heavy atom. The van der Waals surface area contributed by atoms with Crippen molar-refractivity contribution in [3.05, 3.63) is 29.8 Å². The summed E-state index contributed by atoms with van der Waals surface area (Å²) in [6.45, 7) is 7.02. The molecule has 4 nitrogen and oxygen atoms in total. The molecule has 0 aliphatic heterocycles. The molecule has 0 spiro atoms. The number of carbonyl (C=O) groups is 1. The molecular weight excluding hydrogens is 228 g/mol. The van der Waals surface area contributed by atoms with Crippen molar-refractivity contribution < 1.29 is 9.53 Å². The summed E-state index contributed by atoms with van der Waals surface area (Å²) >= 11 is 0. The van der Waals surface area contributed by atoms with Gasteiger partial charge in [-0.15, -0.1) is 0 Å². The summed E-state index contributed by atoms with van der Waals surface area (Å²) in [7, 11) is 0. The Balaban J connectivity index is 2.47. The second-order valence-electron chi connectivity index (χ2n) is 4.75. The molecule has 1 amide bonds. The summed E-state index contributed by atoms with van der Waals surface area (Å²) in [5, 5.41) is 2.84. The Morgan fingerprint density at radius 1 is 1.28 bits per heavy atom. The number of hydrogen-bond donors (Lipinski definition) is 2. The molecule has 0 saturated carbocycles. The Labute approximate surface area is 109 Å². The number of benzene rings is 1. The molecule has 1 atom stereocenters. The van der Waals surface area contributed by atoms with E-state index in [0.29, 0.717) is 24.8 Å². The molecule has 0 bridgehead atoms. The van der Waals surface area contributed by atoms with Gasteiger partial charge in [-0.2, -0.15) is 0 Å². The van der Waals surface area contributed by atoms with Gasteiger partial charge in [-0.3, -0.25) is 4.79 Å². The first-order chi connectivity index (χ1) is 8.52. The number of nitrogens with one attached hydrogen (secondary N) is 1. The third-order valence-electron chi connectivity index (χ3n) is 2.53. The van der Waals surface area contributed by atoms with Crippen LogP contribution >= 0.6 is 0 Å². The summed E-state index contributed by atoms with van der Waals surface area (Å²) in [4.78, 5) is 11.7. The van der Waals surface area contributed by atoms with Gasteiger partial charge in [0.2, 0.25) is 0 Å². The van der Waals surface area contributed by atoms with Crippen molar-refractivity contribution in [3.8, 4) is 5.75 Å². The summed E-state index contributed by atoms with van der Waals surface area (Å²) in [6, 6.07) is 7.45. The maximum absolute atomic E-state index is 11.7. The van der Waals surface area contributed by atoms with E-state index >= 15 is 0 Å². The van der Waals surface area contributed by atoms with Gasteiger partial charge in [-0.05, 0) is 30.5 Å². The van der Waals surface area contributed by atoms with Crippen molar-refractivity contribution in [2.24, 2.45) is 11.7 Å². The van der Waals surface area contributed by atoms with E-state index in [-0.39, 0.29) is 5.91 Å². The highest BCUT2D eigenvalue weighted by atomic mass is 16.5. The van der Waals surface area contributed by atoms with Crippen molar-refractivity contribution in [1.82, 2.24) is 5.32 Å². The van der Waals surface area contributed by atoms with Gasteiger partial charge in [0.25, 0.3) is 5.91 Å². The largest absolute Gasteiger partial charge is 0.481 e. The van der Waals surface area contributed by atoms with Crippen LogP contribution in [0.2, 0.25) is 0 Å². The van der Waals surface area contributed by atoms with Gasteiger partial charge in [-0.25, -0.2) is 0 Å². The molecule has 1 rings (SSSR count). The first-order valence-electron chi connectivity index (χ1n) is 6.26. The van der Waals surface area contributed by atoms with Crippen molar-refractivity contribution >= 4 is 5.91 Å². The fourth-order valence-corrected chi connectivity index (χ4v) is 1.41. The molecule has 1 aromatic rings. The Kier molecular flexibility index (Phi) is 5.65. The Morgan fingerprint density at radius 2 is 1.89 bits per heavy atom. The number of hydrogen-bond acceptors (Lipinski definition) is 3. The molecule has 100 valence electrons. The van der Waals surface area contributed by atoms with E-state index in [9.17, 15) is 4.79 Å². The molecule has 1 unspecified atom stereocenters. The van der Waals surface area contributed by atoms with E-state index < -0.39 is 6.10 Å². The molecule has 0 fully saturated rings. The van der Waals surface area contributed by atoms with Crippen LogP contribution in [-0.2, 0) is 11.3 Å². The number of ether oxygens (including phenoxy) is 1. The van der Waals surface area contributed by atoms with Crippen molar-refractivity contribution in [3.63, 3.8) is 0 Å². The van der Waals surface area contributed by atoms with Gasteiger partial charge in [0, 0.05) is 13.1 Å². The second-order valence-corrected chi connectivity index (χ2v) is 4.75. The van der Waals surface area contributed by atoms with Gasteiger partial charge in [0.15, 0.2) is 6.10 Å². The van der Waals surface area contributed by atoms with E-state index in [1.807, 2.05) is 24.3 Å². The zero-order valence-electron chi connectivity index (χ0n) is 11.3. The van der Waals surface area contributed by atoms with E-state index in [0.717, 1.165) is 5.56 Å². The van der Waals surface area contributed by atoms with Crippen LogP contribution in [0.5, 0.6) is 5.75 Å². The number of amides is 1. The van der Waals surface area contributed by atoms with Gasteiger partial charge >= 0.3 is 0 Å². The van der Waals surface area contributed by atoms with Crippen molar-refractivity contribution in [2.45, 2.75) is 33.4 Å². The average Bonchev–Trinajstić information content (AvgIpc) is 2.36. The monoisotopic (exact) mass is 250 g/mol. The smallest absolute Gasteiger partial charge is 0.260 e. The van der Waals surface area contributed by atoms with Gasteiger partial charge in [0.05, 0.1) is 0 Å². The van der Waals surface area contributed by atoms with Crippen molar-refractivity contribution in [1.29, 1.82) is 0 Å². The highest BCUT2D eigenvalue weighted by molar-refractivity contribution is 5.80.